The molecular weight excluding hydrogens is 166 g/mol. The predicted octanol–water partition coefficient (Wildman–Crippen LogP) is 0.491. The summed E-state index contributed by atoms with van der Waals surface area (Å²) in [6, 6.07) is 0. The molecule has 1 rings (SSSR count). The van der Waals surface area contributed by atoms with E-state index in [2.05, 4.69) is 0 Å². The van der Waals surface area contributed by atoms with Gasteiger partial charge in [-0.2, -0.15) is 0 Å². The Morgan fingerprint density at radius 1 is 1.54 bits per heavy atom. The molecule has 1 aliphatic heterocycles. The Labute approximate surface area is 77.9 Å². The maximum Gasteiger partial charge on any atom is 0.219 e. The van der Waals surface area contributed by atoms with Crippen LogP contribution in [0.25, 0.3) is 0 Å². The fourth-order valence-electron chi connectivity index (χ4n) is 1.39. The van der Waals surface area contributed by atoms with Crippen LogP contribution in [0.4, 0.5) is 0 Å². The zero-order valence-electron chi connectivity index (χ0n) is 8.05. The lowest BCUT2D eigenvalue weighted by atomic mass is 10.0. The third-order valence-corrected chi connectivity index (χ3v) is 2.27. The van der Waals surface area contributed by atoms with Crippen molar-refractivity contribution in [3.05, 3.63) is 11.3 Å². The minimum absolute atomic E-state index is 0.0475. The second-order valence-corrected chi connectivity index (χ2v) is 3.33. The number of nitrogens with one attached hydrogen (secondary N) is 1. The molecule has 0 aromatic heterocycles. The van der Waals surface area contributed by atoms with Crippen LogP contribution in [0.3, 0.4) is 0 Å². The first-order valence-corrected chi connectivity index (χ1v) is 4.31. The van der Waals surface area contributed by atoms with E-state index in [1.807, 2.05) is 0 Å². The summed E-state index contributed by atoms with van der Waals surface area (Å²) >= 11 is 0. The molecule has 0 aromatic carbocycles. The summed E-state index contributed by atoms with van der Waals surface area (Å²) in [5, 5.41) is 7.63. The first kappa shape index (κ1) is 9.77. The lowest BCUT2D eigenvalue weighted by Crippen LogP contribution is -2.39. The number of nitrogens with zero attached hydrogens (tertiary/aromatic N) is 1. The van der Waals surface area contributed by atoms with Gasteiger partial charge in [0.05, 0.1) is 0 Å². The summed E-state index contributed by atoms with van der Waals surface area (Å²) < 4.78 is 0. The second-order valence-electron chi connectivity index (χ2n) is 3.33. The Kier molecular flexibility index (Phi) is 2.70. The van der Waals surface area contributed by atoms with Gasteiger partial charge < -0.3 is 16.0 Å². The summed E-state index contributed by atoms with van der Waals surface area (Å²) in [6.07, 6.45) is 0.615. The highest BCUT2D eigenvalue weighted by Crippen LogP contribution is 2.14. The Morgan fingerprint density at radius 2 is 2.15 bits per heavy atom. The van der Waals surface area contributed by atoms with Crippen molar-refractivity contribution in [2.75, 3.05) is 13.1 Å². The summed E-state index contributed by atoms with van der Waals surface area (Å²) in [7, 11) is 0. The SMILES string of the molecule is CC(=O)N1CCC(=N)C(=C(C)N)C1. The van der Waals surface area contributed by atoms with E-state index in [0.717, 1.165) is 5.57 Å². The zero-order chi connectivity index (χ0) is 10.0. The highest BCUT2D eigenvalue weighted by atomic mass is 16.2. The number of nitrogens with two attached hydrogens (primary N) is 1. The monoisotopic (exact) mass is 181 g/mol. The molecule has 0 bridgehead atoms. The maximum absolute atomic E-state index is 11.1. The summed E-state index contributed by atoms with van der Waals surface area (Å²) in [5.41, 5.74) is 7.64. The first-order chi connectivity index (χ1) is 6.02. The standard InChI is InChI=1S/C9H15N3O/c1-6(10)8-5-12(7(2)13)4-3-9(8)11/h11H,3-5,10H2,1-2H3. The summed E-state index contributed by atoms with van der Waals surface area (Å²) in [5.74, 6) is 0.0475. The fraction of sp³-hybridized carbons (Fsp3) is 0.556. The Morgan fingerprint density at radius 3 is 2.62 bits per heavy atom. The maximum atomic E-state index is 11.1. The molecule has 4 heteroatoms. The molecular formula is C9H15N3O. The normalized spacial score (nSPS) is 21.7. The average Bonchev–Trinajstić information content (AvgIpc) is 2.04. The van der Waals surface area contributed by atoms with E-state index in [1.165, 1.54) is 0 Å². The number of hydrogen-bond donors (Lipinski definition) is 2. The molecule has 1 saturated heterocycles. The lowest BCUT2D eigenvalue weighted by molar-refractivity contribution is -0.128. The van der Waals surface area contributed by atoms with Gasteiger partial charge in [-0.25, -0.2) is 0 Å². The van der Waals surface area contributed by atoms with Gasteiger partial charge in [-0.3, -0.25) is 4.79 Å². The number of piperidine rings is 1. The Bertz CT molecular complexity index is 277. The van der Waals surface area contributed by atoms with Gasteiger partial charge in [0.15, 0.2) is 0 Å². The van der Waals surface area contributed by atoms with Gasteiger partial charge in [-0.1, -0.05) is 0 Å². The third-order valence-electron chi connectivity index (χ3n) is 2.27. The number of amides is 1. The molecule has 4 nitrogen and oxygen atoms in total. The van der Waals surface area contributed by atoms with E-state index >= 15 is 0 Å². The largest absolute Gasteiger partial charge is 0.402 e. The second kappa shape index (κ2) is 3.60. The molecule has 1 amide bonds. The van der Waals surface area contributed by atoms with Gasteiger partial charge in [0.1, 0.15) is 0 Å². The molecule has 0 saturated carbocycles. The van der Waals surface area contributed by atoms with Crippen molar-refractivity contribution in [2.45, 2.75) is 20.3 Å². The molecule has 0 aliphatic carbocycles. The van der Waals surface area contributed by atoms with E-state index in [0.29, 0.717) is 30.9 Å². The quantitative estimate of drug-likeness (QED) is 0.571. The number of allylic oxidation sites excluding steroid dienone is 1. The Balaban J connectivity index is 2.81. The van der Waals surface area contributed by atoms with Gasteiger partial charge in [0.2, 0.25) is 5.91 Å². The molecule has 1 aliphatic rings. The van der Waals surface area contributed by atoms with Crippen molar-refractivity contribution in [3.8, 4) is 0 Å². The molecule has 0 radical (unpaired) electrons. The Hall–Kier alpha value is -1.32. The molecule has 13 heavy (non-hydrogen) atoms. The first-order valence-electron chi connectivity index (χ1n) is 4.31. The number of likely N-dealkylation sites (tertiary alicyclic amines) is 1. The third kappa shape index (κ3) is 2.08. The van der Waals surface area contributed by atoms with Gasteiger partial charge >= 0.3 is 0 Å². The van der Waals surface area contributed by atoms with Crippen LogP contribution in [-0.2, 0) is 4.79 Å². The van der Waals surface area contributed by atoms with Gasteiger partial charge in [0.25, 0.3) is 0 Å². The molecule has 0 atom stereocenters. The van der Waals surface area contributed by atoms with Crippen LogP contribution in [0.2, 0.25) is 0 Å². The molecule has 0 spiro atoms. The molecule has 3 N–H and O–H groups in total. The topological polar surface area (TPSA) is 70.2 Å². The van der Waals surface area contributed by atoms with E-state index in [-0.39, 0.29) is 5.91 Å². The fourth-order valence-corrected chi connectivity index (χ4v) is 1.39. The van der Waals surface area contributed by atoms with Crippen LogP contribution in [-0.4, -0.2) is 29.6 Å². The van der Waals surface area contributed by atoms with Gasteiger partial charge in [-0.15, -0.1) is 0 Å². The number of hydrogen-bond acceptors (Lipinski definition) is 3. The molecule has 1 heterocycles. The molecule has 1 fully saturated rings. The summed E-state index contributed by atoms with van der Waals surface area (Å²) in [6.45, 7) is 4.45. The van der Waals surface area contributed by atoms with Crippen molar-refractivity contribution in [1.82, 2.24) is 4.90 Å². The van der Waals surface area contributed by atoms with Crippen molar-refractivity contribution in [3.63, 3.8) is 0 Å². The minimum Gasteiger partial charge on any atom is -0.402 e. The van der Waals surface area contributed by atoms with Crippen LogP contribution >= 0.6 is 0 Å². The molecule has 72 valence electrons. The zero-order valence-corrected chi connectivity index (χ0v) is 8.05. The summed E-state index contributed by atoms with van der Waals surface area (Å²) in [4.78, 5) is 12.8. The van der Waals surface area contributed by atoms with E-state index in [9.17, 15) is 4.79 Å². The van der Waals surface area contributed by atoms with Crippen molar-refractivity contribution in [2.24, 2.45) is 5.73 Å². The van der Waals surface area contributed by atoms with E-state index in [1.54, 1.807) is 18.7 Å². The average molecular weight is 181 g/mol. The highest BCUT2D eigenvalue weighted by molar-refractivity contribution is 6.00. The van der Waals surface area contributed by atoms with Crippen molar-refractivity contribution < 1.29 is 4.79 Å². The van der Waals surface area contributed by atoms with E-state index < -0.39 is 0 Å². The molecule has 0 unspecified atom stereocenters. The number of carbonyl (C=O) groups excluding carboxylic acids is 1. The number of carbonyl (C=O) groups is 1. The van der Waals surface area contributed by atoms with Gasteiger partial charge in [0, 0.05) is 43.4 Å². The van der Waals surface area contributed by atoms with Gasteiger partial charge in [-0.05, 0) is 6.92 Å². The van der Waals surface area contributed by atoms with Crippen LogP contribution in [0, 0.1) is 5.41 Å². The van der Waals surface area contributed by atoms with E-state index in [4.69, 9.17) is 11.1 Å². The molecule has 0 aromatic rings. The minimum atomic E-state index is 0.0475. The smallest absolute Gasteiger partial charge is 0.219 e. The van der Waals surface area contributed by atoms with Crippen LogP contribution in [0.15, 0.2) is 11.3 Å². The van der Waals surface area contributed by atoms with Crippen LogP contribution in [0.1, 0.15) is 20.3 Å². The predicted molar refractivity (Wildman–Crippen MR) is 51.5 cm³/mol. The van der Waals surface area contributed by atoms with Crippen molar-refractivity contribution >= 4 is 11.6 Å². The lowest BCUT2D eigenvalue weighted by Gasteiger charge is -2.28. The van der Waals surface area contributed by atoms with Crippen molar-refractivity contribution in [1.29, 1.82) is 5.41 Å². The van der Waals surface area contributed by atoms with Crippen LogP contribution in [0.5, 0.6) is 0 Å². The number of rotatable bonds is 0. The highest BCUT2D eigenvalue weighted by Gasteiger charge is 2.21. The van der Waals surface area contributed by atoms with Crippen LogP contribution < -0.4 is 5.73 Å².